The lowest BCUT2D eigenvalue weighted by Crippen LogP contribution is -2.53. The maximum absolute atomic E-state index is 13.9. The second-order valence-electron chi connectivity index (χ2n) is 8.69. The normalized spacial score (nSPS) is 25.3. The predicted octanol–water partition coefficient (Wildman–Crippen LogP) is 3.20. The van der Waals surface area contributed by atoms with E-state index in [1.54, 1.807) is 0 Å². The second-order valence-corrected chi connectivity index (χ2v) is 8.69. The molecule has 0 saturated carbocycles. The smallest absolute Gasteiger partial charge is 0.246 e. The monoisotopic (exact) mass is 396 g/mol. The zero-order valence-electron chi connectivity index (χ0n) is 17.9. The summed E-state index contributed by atoms with van der Waals surface area (Å²) in [5.74, 6) is 0.172. The van der Waals surface area contributed by atoms with Crippen molar-refractivity contribution >= 4 is 5.91 Å². The van der Waals surface area contributed by atoms with Gasteiger partial charge in [-0.1, -0.05) is 30.3 Å². The molecule has 6 heteroatoms. The summed E-state index contributed by atoms with van der Waals surface area (Å²) in [5, 5.41) is 0. The molecular weight excluding hydrogens is 364 g/mol. The summed E-state index contributed by atoms with van der Waals surface area (Å²) in [5.41, 5.74) is 3.36. The van der Waals surface area contributed by atoms with Gasteiger partial charge in [0.2, 0.25) is 5.91 Å². The summed E-state index contributed by atoms with van der Waals surface area (Å²) in [4.78, 5) is 22.9. The van der Waals surface area contributed by atoms with Crippen LogP contribution >= 0.6 is 0 Å². The fraction of sp³-hybridized carbons (Fsp3) is 0.565. The first-order valence-corrected chi connectivity index (χ1v) is 10.7. The van der Waals surface area contributed by atoms with Gasteiger partial charge in [0, 0.05) is 38.6 Å². The minimum Gasteiger partial charge on any atom is -0.372 e. The van der Waals surface area contributed by atoms with Crippen LogP contribution in [0.2, 0.25) is 0 Å². The number of nitrogens with zero attached hydrogens (tertiary/aromatic N) is 4. The molecule has 1 amide bonds. The van der Waals surface area contributed by atoms with E-state index in [2.05, 4.69) is 52.6 Å². The van der Waals surface area contributed by atoms with Gasteiger partial charge in [-0.3, -0.25) is 9.69 Å². The Balaban J connectivity index is 1.70. The van der Waals surface area contributed by atoms with Crippen molar-refractivity contribution in [2.24, 2.45) is 0 Å². The molecule has 2 aromatic rings. The van der Waals surface area contributed by atoms with E-state index in [4.69, 9.17) is 4.74 Å². The van der Waals surface area contributed by atoms with Crippen LogP contribution in [0, 0.1) is 0 Å². The van der Waals surface area contributed by atoms with Crippen molar-refractivity contribution in [1.29, 1.82) is 0 Å². The summed E-state index contributed by atoms with van der Waals surface area (Å²) < 4.78 is 8.05. The molecule has 0 spiro atoms. The first kappa shape index (κ1) is 20.1. The Bertz CT molecular complexity index is 838. The Kier molecular flexibility index (Phi) is 5.74. The quantitative estimate of drug-likeness (QED) is 0.796. The number of ether oxygens (including phenoxy) is 1. The van der Waals surface area contributed by atoms with Crippen LogP contribution < -0.4 is 0 Å². The molecule has 29 heavy (non-hydrogen) atoms. The highest BCUT2D eigenvalue weighted by Gasteiger charge is 2.40. The van der Waals surface area contributed by atoms with E-state index in [1.807, 2.05) is 31.1 Å². The van der Waals surface area contributed by atoms with Crippen LogP contribution in [0.1, 0.15) is 56.7 Å². The molecule has 2 aliphatic heterocycles. The van der Waals surface area contributed by atoms with Gasteiger partial charge in [-0.25, -0.2) is 4.98 Å². The summed E-state index contributed by atoms with van der Waals surface area (Å²) in [7, 11) is 0. The minimum absolute atomic E-state index is 0.0587. The van der Waals surface area contributed by atoms with Crippen molar-refractivity contribution in [1.82, 2.24) is 19.4 Å². The number of benzene rings is 1. The van der Waals surface area contributed by atoms with Crippen LogP contribution in [0.15, 0.2) is 36.7 Å². The first-order valence-electron chi connectivity index (χ1n) is 10.7. The molecule has 1 saturated heterocycles. The van der Waals surface area contributed by atoms with E-state index in [1.165, 1.54) is 5.56 Å². The highest BCUT2D eigenvalue weighted by atomic mass is 16.5. The van der Waals surface area contributed by atoms with Gasteiger partial charge in [0.1, 0.15) is 6.04 Å². The molecule has 0 aliphatic carbocycles. The maximum atomic E-state index is 13.9. The second kappa shape index (κ2) is 8.28. The molecule has 3 unspecified atom stereocenters. The highest BCUT2D eigenvalue weighted by molar-refractivity contribution is 5.83. The fourth-order valence-corrected chi connectivity index (χ4v) is 4.66. The number of amides is 1. The van der Waals surface area contributed by atoms with E-state index in [0.29, 0.717) is 13.1 Å². The lowest BCUT2D eigenvalue weighted by molar-refractivity contribution is -0.150. The van der Waals surface area contributed by atoms with E-state index >= 15 is 0 Å². The molecule has 0 bridgehead atoms. The molecule has 3 heterocycles. The third-order valence-electron chi connectivity index (χ3n) is 5.92. The van der Waals surface area contributed by atoms with Crippen LogP contribution in [0.5, 0.6) is 0 Å². The van der Waals surface area contributed by atoms with Crippen molar-refractivity contribution in [2.45, 2.75) is 65.0 Å². The van der Waals surface area contributed by atoms with Crippen molar-refractivity contribution in [3.63, 3.8) is 0 Å². The number of rotatable bonds is 4. The average Bonchev–Trinajstić information content (AvgIpc) is 3.12. The van der Waals surface area contributed by atoms with Crippen molar-refractivity contribution in [3.8, 4) is 0 Å². The molecule has 2 aliphatic rings. The van der Waals surface area contributed by atoms with Crippen molar-refractivity contribution < 1.29 is 9.53 Å². The minimum atomic E-state index is -0.304. The average molecular weight is 397 g/mol. The molecule has 0 N–H and O–H groups in total. The van der Waals surface area contributed by atoms with E-state index < -0.39 is 0 Å². The van der Waals surface area contributed by atoms with E-state index in [0.717, 1.165) is 30.9 Å². The van der Waals surface area contributed by atoms with E-state index in [9.17, 15) is 4.79 Å². The summed E-state index contributed by atoms with van der Waals surface area (Å²) in [6, 6.07) is 10.4. The SMILES string of the molecule is CC1CN(C(=O)C2c3c(ncn3C(C)C)CCN2Cc2ccccc2)CC(C)O1. The maximum Gasteiger partial charge on any atom is 0.246 e. The number of hydrogen-bond donors (Lipinski definition) is 0. The largest absolute Gasteiger partial charge is 0.372 e. The zero-order chi connectivity index (χ0) is 20.5. The predicted molar refractivity (Wildman–Crippen MR) is 112 cm³/mol. The number of aromatic nitrogens is 2. The van der Waals surface area contributed by atoms with Gasteiger partial charge < -0.3 is 14.2 Å². The number of hydrogen-bond acceptors (Lipinski definition) is 4. The fourth-order valence-electron chi connectivity index (χ4n) is 4.66. The molecule has 6 nitrogen and oxygen atoms in total. The van der Waals surface area contributed by atoms with Gasteiger partial charge in [-0.2, -0.15) is 0 Å². The van der Waals surface area contributed by atoms with Crippen LogP contribution in [-0.4, -0.2) is 57.1 Å². The molecule has 3 atom stereocenters. The Morgan fingerprint density at radius 1 is 1.17 bits per heavy atom. The zero-order valence-corrected chi connectivity index (χ0v) is 17.9. The number of fused-ring (bicyclic) bond motifs is 1. The number of carbonyl (C=O) groups excluding carboxylic acids is 1. The van der Waals surface area contributed by atoms with Crippen LogP contribution in [0.4, 0.5) is 0 Å². The van der Waals surface area contributed by atoms with Gasteiger partial charge in [-0.05, 0) is 33.3 Å². The summed E-state index contributed by atoms with van der Waals surface area (Å²) in [6.45, 7) is 11.3. The number of imidazole rings is 1. The summed E-state index contributed by atoms with van der Waals surface area (Å²) >= 11 is 0. The van der Waals surface area contributed by atoms with Crippen LogP contribution in [-0.2, 0) is 22.5 Å². The molecule has 1 fully saturated rings. The first-order chi connectivity index (χ1) is 13.9. The van der Waals surface area contributed by atoms with Gasteiger partial charge in [0.05, 0.1) is 29.9 Å². The molecular formula is C23H32N4O2. The van der Waals surface area contributed by atoms with Gasteiger partial charge in [0.25, 0.3) is 0 Å². The third-order valence-corrected chi connectivity index (χ3v) is 5.92. The molecule has 1 aromatic carbocycles. The molecule has 1 aromatic heterocycles. The third kappa shape index (κ3) is 4.09. The van der Waals surface area contributed by atoms with E-state index in [-0.39, 0.29) is 30.2 Å². The molecule has 0 radical (unpaired) electrons. The number of morpholine rings is 1. The lowest BCUT2D eigenvalue weighted by atomic mass is 9.98. The number of carbonyl (C=O) groups is 1. The van der Waals surface area contributed by atoms with Crippen molar-refractivity contribution in [2.75, 3.05) is 19.6 Å². The van der Waals surface area contributed by atoms with Crippen LogP contribution in [0.3, 0.4) is 0 Å². The Hall–Kier alpha value is -2.18. The Morgan fingerprint density at radius 2 is 1.86 bits per heavy atom. The van der Waals surface area contributed by atoms with Gasteiger partial charge >= 0.3 is 0 Å². The van der Waals surface area contributed by atoms with Gasteiger partial charge in [-0.15, -0.1) is 0 Å². The lowest BCUT2D eigenvalue weighted by Gasteiger charge is -2.42. The molecule has 156 valence electrons. The van der Waals surface area contributed by atoms with Crippen LogP contribution in [0.25, 0.3) is 0 Å². The highest BCUT2D eigenvalue weighted by Crippen LogP contribution is 2.34. The Labute approximate surface area is 173 Å². The van der Waals surface area contributed by atoms with Crippen molar-refractivity contribution in [3.05, 3.63) is 53.6 Å². The summed E-state index contributed by atoms with van der Waals surface area (Å²) in [6.07, 6.45) is 2.90. The topological polar surface area (TPSA) is 50.6 Å². The molecule has 4 rings (SSSR count). The Morgan fingerprint density at radius 3 is 2.52 bits per heavy atom. The standard InChI is InChI=1S/C23H32N4O2/c1-16(2)27-15-24-20-10-11-25(14-19-8-6-5-7-9-19)22(21(20)27)23(28)26-12-17(3)29-18(4)13-26/h5-9,15-18,22H,10-14H2,1-4H3. The van der Waals surface area contributed by atoms with Gasteiger partial charge in [0.15, 0.2) is 0 Å².